The zero-order valence-corrected chi connectivity index (χ0v) is 12.7. The Morgan fingerprint density at radius 2 is 1.91 bits per heavy atom. The van der Waals surface area contributed by atoms with E-state index in [1.54, 1.807) is 24.3 Å². The van der Waals surface area contributed by atoms with Gasteiger partial charge in [0.15, 0.2) is 0 Å². The number of benzene rings is 2. The molecule has 0 saturated heterocycles. The number of rotatable bonds is 4. The van der Waals surface area contributed by atoms with E-state index >= 15 is 0 Å². The number of hydrogen-bond acceptors (Lipinski definition) is 2. The molecule has 3 rings (SSSR count). The summed E-state index contributed by atoms with van der Waals surface area (Å²) in [5, 5.41) is 3.82. The molecule has 2 aromatic carbocycles. The van der Waals surface area contributed by atoms with Crippen molar-refractivity contribution in [1.82, 2.24) is 4.98 Å². The number of amides is 2. The van der Waals surface area contributed by atoms with Gasteiger partial charge in [-0.3, -0.25) is 9.59 Å². The van der Waals surface area contributed by atoms with Crippen LogP contribution in [0.4, 0.5) is 5.69 Å². The Hall–Kier alpha value is -3.08. The molecule has 1 heterocycles. The van der Waals surface area contributed by atoms with Gasteiger partial charge >= 0.3 is 0 Å². The Bertz CT molecular complexity index is 896. The first-order chi connectivity index (χ1) is 11.0. The van der Waals surface area contributed by atoms with Gasteiger partial charge in [0.05, 0.1) is 17.7 Å². The maximum absolute atomic E-state index is 12.2. The number of para-hydroxylation sites is 1. The number of aromatic amines is 1. The van der Waals surface area contributed by atoms with E-state index in [9.17, 15) is 9.59 Å². The lowest BCUT2D eigenvalue weighted by molar-refractivity contribution is -0.115. The number of carbonyl (C=O) groups excluding carboxylic acids is 2. The van der Waals surface area contributed by atoms with Crippen LogP contribution in [0.1, 0.15) is 21.6 Å². The Kier molecular flexibility index (Phi) is 3.85. The molecule has 5 nitrogen and oxygen atoms in total. The van der Waals surface area contributed by atoms with Crippen molar-refractivity contribution in [2.24, 2.45) is 5.73 Å². The van der Waals surface area contributed by atoms with Gasteiger partial charge in [-0.2, -0.15) is 0 Å². The molecular formula is C18H17N3O2. The van der Waals surface area contributed by atoms with Crippen molar-refractivity contribution >= 4 is 28.4 Å². The minimum Gasteiger partial charge on any atom is -0.366 e. The second-order valence-corrected chi connectivity index (χ2v) is 5.51. The van der Waals surface area contributed by atoms with E-state index in [4.69, 9.17) is 5.73 Å². The van der Waals surface area contributed by atoms with Crippen LogP contribution >= 0.6 is 0 Å². The highest BCUT2D eigenvalue weighted by molar-refractivity contribution is 6.03. The normalized spacial score (nSPS) is 10.7. The molecule has 0 unspecified atom stereocenters. The van der Waals surface area contributed by atoms with Crippen LogP contribution in [-0.4, -0.2) is 16.8 Å². The van der Waals surface area contributed by atoms with E-state index in [1.165, 1.54) is 0 Å². The summed E-state index contributed by atoms with van der Waals surface area (Å²) in [6.45, 7) is 1.99. The monoisotopic (exact) mass is 307 g/mol. The number of nitrogens with one attached hydrogen (secondary N) is 2. The van der Waals surface area contributed by atoms with Crippen LogP contribution in [0.25, 0.3) is 10.9 Å². The molecule has 0 radical (unpaired) electrons. The highest BCUT2D eigenvalue weighted by atomic mass is 16.2. The van der Waals surface area contributed by atoms with Crippen molar-refractivity contribution in [3.63, 3.8) is 0 Å². The van der Waals surface area contributed by atoms with E-state index in [0.29, 0.717) is 11.3 Å². The van der Waals surface area contributed by atoms with Crippen molar-refractivity contribution in [2.45, 2.75) is 13.3 Å². The third-order valence-electron chi connectivity index (χ3n) is 3.65. The van der Waals surface area contributed by atoms with Crippen LogP contribution < -0.4 is 11.1 Å². The number of primary amides is 1. The number of aryl methyl sites for hydroxylation is 1. The number of hydrogen-bond donors (Lipinski definition) is 3. The molecule has 1 aromatic heterocycles. The highest BCUT2D eigenvalue weighted by Gasteiger charge is 2.11. The highest BCUT2D eigenvalue weighted by Crippen LogP contribution is 2.18. The number of aromatic nitrogens is 1. The molecule has 3 aromatic rings. The van der Waals surface area contributed by atoms with Gasteiger partial charge in [-0.25, -0.2) is 0 Å². The molecule has 0 fully saturated rings. The van der Waals surface area contributed by atoms with E-state index in [2.05, 4.69) is 10.3 Å². The van der Waals surface area contributed by atoms with Crippen LogP contribution in [0.15, 0.2) is 48.5 Å². The molecule has 0 atom stereocenters. The molecule has 0 aliphatic rings. The first kappa shape index (κ1) is 14.8. The molecule has 4 N–H and O–H groups in total. The molecule has 23 heavy (non-hydrogen) atoms. The summed E-state index contributed by atoms with van der Waals surface area (Å²) < 4.78 is 0. The van der Waals surface area contributed by atoms with Crippen LogP contribution in [0.3, 0.4) is 0 Å². The number of fused-ring (bicyclic) bond motifs is 1. The molecule has 2 amide bonds. The Balaban J connectivity index is 1.77. The summed E-state index contributed by atoms with van der Waals surface area (Å²) in [6, 6.07) is 14.6. The minimum atomic E-state index is -0.565. The lowest BCUT2D eigenvalue weighted by atomic mass is 10.1. The van der Waals surface area contributed by atoms with Gasteiger partial charge in [0, 0.05) is 11.2 Å². The van der Waals surface area contributed by atoms with Gasteiger partial charge < -0.3 is 16.0 Å². The van der Waals surface area contributed by atoms with E-state index in [0.717, 1.165) is 22.2 Å². The fraction of sp³-hybridized carbons (Fsp3) is 0.111. The van der Waals surface area contributed by atoms with Gasteiger partial charge in [-0.1, -0.05) is 18.2 Å². The summed E-state index contributed by atoms with van der Waals surface area (Å²) in [7, 11) is 0. The average molecular weight is 307 g/mol. The molecule has 0 bridgehead atoms. The first-order valence-electron chi connectivity index (χ1n) is 7.30. The second-order valence-electron chi connectivity index (χ2n) is 5.51. The van der Waals surface area contributed by atoms with Crippen molar-refractivity contribution in [2.75, 3.05) is 5.32 Å². The molecule has 116 valence electrons. The predicted octanol–water partition coefficient (Wildman–Crippen LogP) is 2.76. The summed E-state index contributed by atoms with van der Waals surface area (Å²) in [5.41, 5.74) is 9.09. The Labute approximate surface area is 133 Å². The standard InChI is InChI=1S/C18H17N3O2/c1-11-8-13-9-12(6-7-15(13)20-11)10-17(22)21-16-5-3-2-4-14(16)18(19)23/h2-9,20H,10H2,1H3,(H2,19,23)(H,21,22). The zero-order valence-electron chi connectivity index (χ0n) is 12.7. The summed E-state index contributed by atoms with van der Waals surface area (Å²) in [6.07, 6.45) is 0.229. The maximum atomic E-state index is 12.2. The number of nitrogens with two attached hydrogens (primary N) is 1. The van der Waals surface area contributed by atoms with Crippen molar-refractivity contribution in [3.05, 3.63) is 65.4 Å². The third-order valence-corrected chi connectivity index (χ3v) is 3.65. The second kappa shape index (κ2) is 5.96. The van der Waals surface area contributed by atoms with Crippen LogP contribution in [-0.2, 0) is 11.2 Å². The van der Waals surface area contributed by atoms with Gasteiger partial charge in [-0.05, 0) is 48.2 Å². The van der Waals surface area contributed by atoms with Gasteiger partial charge in [0.25, 0.3) is 5.91 Å². The van der Waals surface area contributed by atoms with Crippen LogP contribution in [0.2, 0.25) is 0 Å². The number of anilines is 1. The fourth-order valence-corrected chi connectivity index (χ4v) is 2.62. The molecular weight excluding hydrogens is 290 g/mol. The smallest absolute Gasteiger partial charge is 0.250 e. The summed E-state index contributed by atoms with van der Waals surface area (Å²) in [4.78, 5) is 26.9. The largest absolute Gasteiger partial charge is 0.366 e. The number of carbonyl (C=O) groups is 2. The predicted molar refractivity (Wildman–Crippen MR) is 90.3 cm³/mol. The van der Waals surface area contributed by atoms with Gasteiger partial charge in [-0.15, -0.1) is 0 Å². The Morgan fingerprint density at radius 3 is 2.70 bits per heavy atom. The maximum Gasteiger partial charge on any atom is 0.250 e. The topological polar surface area (TPSA) is 88.0 Å². The molecule has 0 saturated carbocycles. The zero-order chi connectivity index (χ0) is 16.4. The van der Waals surface area contributed by atoms with Crippen molar-refractivity contribution < 1.29 is 9.59 Å². The molecule has 0 aliphatic carbocycles. The van der Waals surface area contributed by atoms with Gasteiger partial charge in [0.1, 0.15) is 0 Å². The molecule has 5 heteroatoms. The quantitative estimate of drug-likeness (QED) is 0.692. The molecule has 0 aliphatic heterocycles. The summed E-state index contributed by atoms with van der Waals surface area (Å²) >= 11 is 0. The fourth-order valence-electron chi connectivity index (χ4n) is 2.62. The van der Waals surface area contributed by atoms with Crippen LogP contribution in [0, 0.1) is 6.92 Å². The number of H-pyrrole nitrogens is 1. The molecule has 0 spiro atoms. The van der Waals surface area contributed by atoms with E-state index in [1.807, 2.05) is 31.2 Å². The lowest BCUT2D eigenvalue weighted by Gasteiger charge is -2.09. The average Bonchev–Trinajstić information content (AvgIpc) is 2.86. The summed E-state index contributed by atoms with van der Waals surface area (Å²) in [5.74, 6) is -0.754. The first-order valence-corrected chi connectivity index (χ1v) is 7.30. The van der Waals surface area contributed by atoms with E-state index in [-0.39, 0.29) is 12.3 Å². The SMILES string of the molecule is Cc1cc2cc(CC(=O)Nc3ccccc3C(N)=O)ccc2[nH]1. The van der Waals surface area contributed by atoms with Gasteiger partial charge in [0.2, 0.25) is 5.91 Å². The van der Waals surface area contributed by atoms with Crippen molar-refractivity contribution in [3.8, 4) is 0 Å². The van der Waals surface area contributed by atoms with E-state index < -0.39 is 5.91 Å². The lowest BCUT2D eigenvalue weighted by Crippen LogP contribution is -2.19. The third kappa shape index (κ3) is 3.23. The minimum absolute atomic E-state index is 0.190. The Morgan fingerprint density at radius 1 is 1.13 bits per heavy atom. The van der Waals surface area contributed by atoms with Crippen LogP contribution in [0.5, 0.6) is 0 Å². The van der Waals surface area contributed by atoms with Crippen molar-refractivity contribution in [1.29, 1.82) is 0 Å².